The maximum atomic E-state index is 5.96. The summed E-state index contributed by atoms with van der Waals surface area (Å²) in [4.78, 5) is 2.47. The highest BCUT2D eigenvalue weighted by molar-refractivity contribution is 5.87. The van der Waals surface area contributed by atoms with Gasteiger partial charge >= 0.3 is 0 Å². The summed E-state index contributed by atoms with van der Waals surface area (Å²) in [5.41, 5.74) is 2.60. The predicted octanol–water partition coefficient (Wildman–Crippen LogP) is 3.23. The minimum atomic E-state index is 0.423. The minimum Gasteiger partial charge on any atom is -0.489 e. The molecule has 3 heteroatoms. The van der Waals surface area contributed by atoms with E-state index in [1.165, 1.54) is 16.6 Å². The quantitative estimate of drug-likeness (QED) is 0.837. The fraction of sp³-hybridized carbons (Fsp3) is 0.500. The highest BCUT2D eigenvalue weighted by Crippen LogP contribution is 2.35. The van der Waals surface area contributed by atoms with E-state index >= 15 is 0 Å². The summed E-state index contributed by atoms with van der Waals surface area (Å²) in [6, 6.07) is 9.01. The van der Waals surface area contributed by atoms with Crippen LogP contribution in [0.15, 0.2) is 24.3 Å². The van der Waals surface area contributed by atoms with Gasteiger partial charge in [0.1, 0.15) is 12.4 Å². The van der Waals surface area contributed by atoms with Gasteiger partial charge in [0.2, 0.25) is 0 Å². The van der Waals surface area contributed by atoms with E-state index in [9.17, 15) is 0 Å². The lowest BCUT2D eigenvalue weighted by molar-refractivity contribution is 0.178. The van der Waals surface area contributed by atoms with E-state index in [4.69, 9.17) is 4.74 Å². The van der Waals surface area contributed by atoms with E-state index in [-0.39, 0.29) is 0 Å². The molecule has 0 N–H and O–H groups in total. The average Bonchev–Trinajstić information content (AvgIpc) is 2.77. The second kappa shape index (κ2) is 4.89. The number of hydrogen-bond donors (Lipinski definition) is 0. The fourth-order valence-electron chi connectivity index (χ4n) is 3.15. The molecule has 3 rings (SSSR count). The second-order valence-corrected chi connectivity index (χ2v) is 5.30. The number of benzene rings is 1. The Morgan fingerprint density at radius 1 is 1.32 bits per heavy atom. The van der Waals surface area contributed by atoms with Gasteiger partial charge in [-0.1, -0.05) is 26.0 Å². The maximum Gasteiger partial charge on any atom is 0.143 e. The van der Waals surface area contributed by atoms with Gasteiger partial charge in [0.15, 0.2) is 0 Å². The largest absolute Gasteiger partial charge is 0.489 e. The van der Waals surface area contributed by atoms with E-state index in [0.717, 1.165) is 32.0 Å². The highest BCUT2D eigenvalue weighted by atomic mass is 16.5. The van der Waals surface area contributed by atoms with Crippen LogP contribution < -0.4 is 4.74 Å². The molecule has 0 saturated heterocycles. The summed E-state index contributed by atoms with van der Waals surface area (Å²) in [5.74, 6) is 1.03. The number of ether oxygens (including phenoxy) is 1. The molecule has 2 heterocycles. The van der Waals surface area contributed by atoms with Crippen molar-refractivity contribution >= 4 is 10.9 Å². The van der Waals surface area contributed by atoms with Crippen molar-refractivity contribution in [3.05, 3.63) is 30.0 Å². The van der Waals surface area contributed by atoms with Gasteiger partial charge in [0.25, 0.3) is 0 Å². The van der Waals surface area contributed by atoms with Crippen molar-refractivity contribution in [2.24, 2.45) is 0 Å². The molecular formula is C16H22N2O. The van der Waals surface area contributed by atoms with Gasteiger partial charge in [0.05, 0.1) is 11.6 Å². The Labute approximate surface area is 114 Å². The van der Waals surface area contributed by atoms with Gasteiger partial charge in [-0.2, -0.15) is 0 Å². The van der Waals surface area contributed by atoms with Crippen molar-refractivity contribution in [2.45, 2.75) is 26.8 Å². The number of hydrogen-bond acceptors (Lipinski definition) is 2. The Bertz CT molecular complexity index is 584. The Balaban J connectivity index is 2.03. The minimum absolute atomic E-state index is 0.423. The Morgan fingerprint density at radius 3 is 2.84 bits per heavy atom. The van der Waals surface area contributed by atoms with E-state index in [1.807, 2.05) is 0 Å². The molecule has 1 aliphatic heterocycles. The van der Waals surface area contributed by atoms with Gasteiger partial charge in [-0.05, 0) is 32.1 Å². The van der Waals surface area contributed by atoms with Gasteiger partial charge in [-0.25, -0.2) is 0 Å². The third-order valence-corrected chi connectivity index (χ3v) is 4.18. The van der Waals surface area contributed by atoms with Gasteiger partial charge < -0.3 is 14.2 Å². The van der Waals surface area contributed by atoms with Crippen LogP contribution in [0.4, 0.5) is 0 Å². The first-order chi connectivity index (χ1) is 9.24. The summed E-state index contributed by atoms with van der Waals surface area (Å²) < 4.78 is 8.43. The third-order valence-electron chi connectivity index (χ3n) is 4.18. The zero-order valence-electron chi connectivity index (χ0n) is 12.0. The molecule has 2 aromatic rings. The average molecular weight is 258 g/mol. The molecule has 1 aromatic carbocycles. The van der Waals surface area contributed by atoms with Gasteiger partial charge in [0, 0.05) is 17.6 Å². The van der Waals surface area contributed by atoms with Gasteiger partial charge in [-0.3, -0.25) is 0 Å². The lowest BCUT2D eigenvalue weighted by atomic mass is 10.2. The normalized spacial score (nSPS) is 18.0. The zero-order chi connectivity index (χ0) is 13.4. The van der Waals surface area contributed by atoms with Crippen LogP contribution >= 0.6 is 0 Å². The molecule has 0 spiro atoms. The molecule has 102 valence electrons. The molecule has 1 aliphatic rings. The van der Waals surface area contributed by atoms with Gasteiger partial charge in [-0.15, -0.1) is 0 Å². The molecule has 1 atom stereocenters. The van der Waals surface area contributed by atoms with E-state index < -0.39 is 0 Å². The molecule has 0 amide bonds. The topological polar surface area (TPSA) is 17.4 Å². The smallest absolute Gasteiger partial charge is 0.143 e. The van der Waals surface area contributed by atoms with Crippen LogP contribution in [0.3, 0.4) is 0 Å². The highest BCUT2D eigenvalue weighted by Gasteiger charge is 2.25. The van der Waals surface area contributed by atoms with E-state index in [2.05, 4.69) is 54.5 Å². The van der Waals surface area contributed by atoms with Crippen molar-refractivity contribution < 1.29 is 4.74 Å². The van der Waals surface area contributed by atoms with Crippen LogP contribution in [0.25, 0.3) is 10.9 Å². The third kappa shape index (κ3) is 2.02. The number of para-hydroxylation sites is 1. The summed E-state index contributed by atoms with van der Waals surface area (Å²) in [7, 11) is 0. The Kier molecular flexibility index (Phi) is 3.23. The van der Waals surface area contributed by atoms with Crippen molar-refractivity contribution in [2.75, 3.05) is 26.2 Å². The monoisotopic (exact) mass is 258 g/mol. The SMILES string of the molecule is CCN(CC)CC1COc2cccc3cc(C)n1c23. The number of nitrogens with zero attached hydrogens (tertiary/aromatic N) is 2. The molecule has 19 heavy (non-hydrogen) atoms. The first-order valence-corrected chi connectivity index (χ1v) is 7.20. The number of aromatic nitrogens is 1. The predicted molar refractivity (Wildman–Crippen MR) is 79.0 cm³/mol. The molecule has 1 unspecified atom stereocenters. The summed E-state index contributed by atoms with van der Waals surface area (Å²) in [6.07, 6.45) is 0. The summed E-state index contributed by atoms with van der Waals surface area (Å²) >= 11 is 0. The van der Waals surface area contributed by atoms with Crippen LogP contribution in [0.1, 0.15) is 25.6 Å². The molecule has 0 saturated carbocycles. The molecule has 0 aliphatic carbocycles. The molecule has 3 nitrogen and oxygen atoms in total. The lowest BCUT2D eigenvalue weighted by Crippen LogP contribution is -2.35. The molecule has 0 bridgehead atoms. The number of rotatable bonds is 4. The van der Waals surface area contributed by atoms with E-state index in [1.54, 1.807) is 0 Å². The molecule has 0 fully saturated rings. The number of likely N-dealkylation sites (N-methyl/N-ethyl adjacent to an activating group) is 1. The van der Waals surface area contributed by atoms with Crippen LogP contribution in [0.5, 0.6) is 5.75 Å². The first kappa shape index (κ1) is 12.5. The van der Waals surface area contributed by atoms with Crippen molar-refractivity contribution in [3.8, 4) is 5.75 Å². The van der Waals surface area contributed by atoms with Crippen molar-refractivity contribution in [3.63, 3.8) is 0 Å². The van der Waals surface area contributed by atoms with Crippen LogP contribution in [0, 0.1) is 6.92 Å². The second-order valence-electron chi connectivity index (χ2n) is 5.30. The van der Waals surface area contributed by atoms with Crippen LogP contribution in [-0.2, 0) is 0 Å². The van der Waals surface area contributed by atoms with Crippen molar-refractivity contribution in [1.82, 2.24) is 9.47 Å². The Hall–Kier alpha value is -1.48. The lowest BCUT2D eigenvalue weighted by Gasteiger charge is -2.31. The zero-order valence-corrected chi connectivity index (χ0v) is 12.0. The van der Waals surface area contributed by atoms with E-state index in [0.29, 0.717) is 6.04 Å². The Morgan fingerprint density at radius 2 is 2.11 bits per heavy atom. The molecule has 1 aromatic heterocycles. The fourth-order valence-corrected chi connectivity index (χ4v) is 3.15. The van der Waals surface area contributed by atoms with Crippen LogP contribution in [-0.4, -0.2) is 35.7 Å². The first-order valence-electron chi connectivity index (χ1n) is 7.20. The maximum absolute atomic E-state index is 5.96. The van der Waals surface area contributed by atoms with Crippen molar-refractivity contribution in [1.29, 1.82) is 0 Å². The summed E-state index contributed by atoms with van der Waals surface area (Å²) in [6.45, 7) is 10.7. The summed E-state index contributed by atoms with van der Waals surface area (Å²) in [5, 5.41) is 1.29. The standard InChI is InChI=1S/C16H22N2O/c1-4-17(5-2)10-14-11-19-15-8-6-7-13-9-12(3)18(14)16(13)15/h6-9,14H,4-5,10-11H2,1-3H3. The van der Waals surface area contributed by atoms with Crippen LogP contribution in [0.2, 0.25) is 0 Å². The molecule has 0 radical (unpaired) electrons. The number of aryl methyl sites for hydroxylation is 1. The molecular weight excluding hydrogens is 236 g/mol.